The number of hydrogen-bond donors (Lipinski definition) is 0. The van der Waals surface area contributed by atoms with Crippen molar-refractivity contribution in [1.82, 2.24) is 24.6 Å². The monoisotopic (exact) mass is 440 g/mol. The Morgan fingerprint density at radius 2 is 1.97 bits per heavy atom. The maximum absolute atomic E-state index is 13.2. The Hall–Kier alpha value is -3.83. The van der Waals surface area contributed by atoms with Gasteiger partial charge in [-0.05, 0) is 44.1 Å². The van der Waals surface area contributed by atoms with E-state index in [1.165, 1.54) is 0 Å². The van der Waals surface area contributed by atoms with Gasteiger partial charge in [0.2, 0.25) is 11.7 Å². The number of benzene rings is 1. The van der Waals surface area contributed by atoms with Gasteiger partial charge < -0.3 is 9.09 Å². The highest BCUT2D eigenvalue weighted by Gasteiger charge is 2.27. The Balaban J connectivity index is 1.23. The van der Waals surface area contributed by atoms with Crippen molar-refractivity contribution >= 4 is 16.7 Å². The Labute approximate surface area is 191 Å². The van der Waals surface area contributed by atoms with Crippen LogP contribution in [0.2, 0.25) is 0 Å². The van der Waals surface area contributed by atoms with Crippen molar-refractivity contribution < 1.29 is 9.32 Å². The van der Waals surface area contributed by atoms with Crippen LogP contribution < -0.4 is 0 Å². The fraction of sp³-hybridized carbons (Fsp3) is 0.320. The van der Waals surface area contributed by atoms with Crippen LogP contribution in [0.4, 0.5) is 0 Å². The van der Waals surface area contributed by atoms with E-state index in [2.05, 4.69) is 26.1 Å². The molecule has 0 saturated carbocycles. The van der Waals surface area contributed by atoms with E-state index in [1.807, 2.05) is 53.2 Å². The lowest BCUT2D eigenvalue weighted by atomic mass is 9.96. The molecule has 0 radical (unpaired) electrons. The Morgan fingerprint density at radius 1 is 1.15 bits per heavy atom. The number of para-hydroxylation sites is 1. The molecule has 8 heteroatoms. The molecule has 0 N–H and O–H groups in total. The normalized spacial score (nSPS) is 15.0. The molecule has 1 aliphatic rings. The van der Waals surface area contributed by atoms with Gasteiger partial charge in [0.05, 0.1) is 19.0 Å². The maximum atomic E-state index is 13.2. The van der Waals surface area contributed by atoms with Crippen LogP contribution in [0.15, 0.2) is 59.4 Å². The van der Waals surface area contributed by atoms with Crippen molar-refractivity contribution in [2.75, 3.05) is 19.6 Å². The largest absolute Gasteiger partial charge is 0.346 e. The molecule has 1 aromatic carbocycles. The molecule has 33 heavy (non-hydrogen) atoms. The summed E-state index contributed by atoms with van der Waals surface area (Å²) in [7, 11) is 0. The van der Waals surface area contributed by atoms with Gasteiger partial charge in [0.15, 0.2) is 5.78 Å². The number of aryl methyl sites for hydroxylation is 1. The fourth-order valence-corrected chi connectivity index (χ4v) is 4.45. The van der Waals surface area contributed by atoms with E-state index in [1.54, 1.807) is 6.20 Å². The van der Waals surface area contributed by atoms with Crippen LogP contribution >= 0.6 is 0 Å². The molecule has 8 nitrogen and oxygen atoms in total. The number of likely N-dealkylation sites (tertiary alicyclic amines) is 1. The van der Waals surface area contributed by atoms with Crippen molar-refractivity contribution in [3.8, 4) is 17.6 Å². The molecule has 5 rings (SSSR count). The van der Waals surface area contributed by atoms with Crippen molar-refractivity contribution in [2.45, 2.75) is 31.7 Å². The number of carbonyl (C=O) groups is 1. The molecule has 0 aliphatic carbocycles. The number of ketones is 1. The molecule has 4 heterocycles. The third-order valence-electron chi connectivity index (χ3n) is 6.19. The van der Waals surface area contributed by atoms with Crippen LogP contribution in [0.1, 0.15) is 41.4 Å². The maximum Gasteiger partial charge on any atom is 0.230 e. The quantitative estimate of drug-likeness (QED) is 0.399. The lowest BCUT2D eigenvalue weighted by Crippen LogP contribution is -2.36. The second kappa shape index (κ2) is 9.35. The van der Waals surface area contributed by atoms with E-state index in [0.29, 0.717) is 36.9 Å². The molecule has 0 amide bonds. The number of fused-ring (bicyclic) bond motifs is 1. The molecule has 0 spiro atoms. The summed E-state index contributed by atoms with van der Waals surface area (Å²) in [5, 5.41) is 14.0. The van der Waals surface area contributed by atoms with E-state index in [4.69, 9.17) is 9.78 Å². The summed E-state index contributed by atoms with van der Waals surface area (Å²) in [5.41, 5.74) is 2.42. The van der Waals surface area contributed by atoms with Crippen molar-refractivity contribution in [3.05, 3.63) is 66.3 Å². The Kier molecular flexibility index (Phi) is 5.96. The molecule has 3 aromatic heterocycles. The number of pyridine rings is 1. The highest BCUT2D eigenvalue weighted by molar-refractivity contribution is 6.09. The lowest BCUT2D eigenvalue weighted by Gasteiger charge is -2.29. The second-order valence-corrected chi connectivity index (χ2v) is 8.31. The van der Waals surface area contributed by atoms with Gasteiger partial charge in [0.1, 0.15) is 5.69 Å². The molecule has 0 unspecified atom stereocenters. The minimum atomic E-state index is 0.107. The average Bonchev–Trinajstić information content (AvgIpc) is 3.50. The molecule has 1 fully saturated rings. The summed E-state index contributed by atoms with van der Waals surface area (Å²) in [6, 6.07) is 15.7. The first kappa shape index (κ1) is 21.0. The summed E-state index contributed by atoms with van der Waals surface area (Å²) >= 11 is 0. The number of rotatable bonds is 7. The van der Waals surface area contributed by atoms with Gasteiger partial charge in [0.25, 0.3) is 0 Å². The lowest BCUT2D eigenvalue weighted by molar-refractivity contribution is 0.0906. The first-order valence-electron chi connectivity index (χ1n) is 11.2. The third kappa shape index (κ3) is 4.41. The fourth-order valence-electron chi connectivity index (χ4n) is 4.45. The van der Waals surface area contributed by atoms with Gasteiger partial charge in [-0.25, -0.2) is 0 Å². The summed E-state index contributed by atoms with van der Waals surface area (Å²) in [5.74, 6) is 1.45. The zero-order chi connectivity index (χ0) is 22.6. The van der Waals surface area contributed by atoms with Crippen molar-refractivity contribution in [3.63, 3.8) is 0 Å². The van der Waals surface area contributed by atoms with E-state index in [9.17, 15) is 4.79 Å². The number of hydrogen-bond acceptors (Lipinski definition) is 7. The first-order chi connectivity index (χ1) is 16.2. The Bertz CT molecular complexity index is 1300. The first-order valence-corrected chi connectivity index (χ1v) is 11.2. The summed E-state index contributed by atoms with van der Waals surface area (Å²) in [4.78, 5) is 24.2. The number of carbonyl (C=O) groups excluding carboxylic acids is 1. The van der Waals surface area contributed by atoms with E-state index in [0.717, 1.165) is 42.4 Å². The summed E-state index contributed by atoms with van der Waals surface area (Å²) in [6.45, 7) is 2.55. The van der Waals surface area contributed by atoms with E-state index < -0.39 is 0 Å². The van der Waals surface area contributed by atoms with Gasteiger partial charge in [0, 0.05) is 41.3 Å². The standard InChI is InChI=1S/C25H24N6O2/c26-11-5-13-31-16-20(19-6-1-2-8-22(19)31)23(32)17-30-14-9-18(10-15-30)25-28-24(29-33-25)21-7-3-4-12-27-21/h1-4,6-8,12,16,18H,5,9-10,13-15,17H2. The van der Waals surface area contributed by atoms with Crippen molar-refractivity contribution in [2.24, 2.45) is 0 Å². The third-order valence-corrected chi connectivity index (χ3v) is 6.19. The van der Waals surface area contributed by atoms with Gasteiger partial charge in [-0.1, -0.05) is 29.4 Å². The Morgan fingerprint density at radius 3 is 2.76 bits per heavy atom. The number of Topliss-reactive ketones (excluding diaryl/α,β-unsaturated/α-hetero) is 1. The highest BCUT2D eigenvalue weighted by Crippen LogP contribution is 2.29. The molecule has 0 bridgehead atoms. The number of nitrogens with zero attached hydrogens (tertiary/aromatic N) is 6. The minimum Gasteiger partial charge on any atom is -0.346 e. The molecule has 166 valence electrons. The van der Waals surface area contributed by atoms with Crippen LogP contribution in [0.3, 0.4) is 0 Å². The van der Waals surface area contributed by atoms with Crippen LogP contribution in [-0.2, 0) is 6.54 Å². The summed E-state index contributed by atoms with van der Waals surface area (Å²) < 4.78 is 7.52. The van der Waals surface area contributed by atoms with Crippen LogP contribution in [0.25, 0.3) is 22.4 Å². The zero-order valence-electron chi connectivity index (χ0n) is 18.2. The summed E-state index contributed by atoms with van der Waals surface area (Å²) in [6.07, 6.45) is 5.75. The topological polar surface area (TPSA) is 101 Å². The molecular formula is C25H24N6O2. The SMILES string of the molecule is N#CCCn1cc(C(=O)CN2CCC(c3nc(-c4ccccn4)no3)CC2)c2ccccc21. The second-order valence-electron chi connectivity index (χ2n) is 8.31. The van der Waals surface area contributed by atoms with Gasteiger partial charge in [-0.3, -0.25) is 14.7 Å². The minimum absolute atomic E-state index is 0.107. The number of piperidine rings is 1. The van der Waals surface area contributed by atoms with Gasteiger partial charge >= 0.3 is 0 Å². The number of aromatic nitrogens is 4. The molecule has 4 aromatic rings. The van der Waals surface area contributed by atoms with Gasteiger partial charge in [-0.2, -0.15) is 10.2 Å². The van der Waals surface area contributed by atoms with Crippen LogP contribution in [-0.4, -0.2) is 50.0 Å². The van der Waals surface area contributed by atoms with E-state index in [-0.39, 0.29) is 11.7 Å². The molecule has 1 aliphatic heterocycles. The average molecular weight is 441 g/mol. The number of nitriles is 1. The van der Waals surface area contributed by atoms with Crippen molar-refractivity contribution in [1.29, 1.82) is 5.26 Å². The highest BCUT2D eigenvalue weighted by atomic mass is 16.5. The predicted molar refractivity (Wildman–Crippen MR) is 122 cm³/mol. The molecular weight excluding hydrogens is 416 g/mol. The van der Waals surface area contributed by atoms with Gasteiger partial charge in [-0.15, -0.1) is 0 Å². The van der Waals surface area contributed by atoms with E-state index >= 15 is 0 Å². The van der Waals surface area contributed by atoms with Crippen LogP contribution in [0.5, 0.6) is 0 Å². The molecule has 0 atom stereocenters. The predicted octanol–water partition coefficient (Wildman–Crippen LogP) is 4.06. The van der Waals surface area contributed by atoms with Crippen LogP contribution in [0, 0.1) is 11.3 Å². The molecule has 1 saturated heterocycles. The smallest absolute Gasteiger partial charge is 0.230 e. The zero-order valence-corrected chi connectivity index (χ0v) is 18.2.